The van der Waals surface area contributed by atoms with Crippen molar-refractivity contribution in [3.05, 3.63) is 64.3 Å². The summed E-state index contributed by atoms with van der Waals surface area (Å²) in [7, 11) is 0. The Balaban J connectivity index is 1.42. The normalized spacial score (nSPS) is 12.8. The fourth-order valence-corrected chi connectivity index (χ4v) is 3.25. The molecule has 3 heterocycles. The Kier molecular flexibility index (Phi) is 5.74. The van der Waals surface area contributed by atoms with Gasteiger partial charge in [-0.15, -0.1) is 0 Å². The maximum Gasteiger partial charge on any atom is 0.254 e. The van der Waals surface area contributed by atoms with Gasteiger partial charge in [-0.2, -0.15) is 0 Å². The number of carbonyl (C=O) groups is 1. The largest absolute Gasteiger partial charge is 0.490 e. The number of aromatic nitrogens is 3. The summed E-state index contributed by atoms with van der Waals surface area (Å²) >= 11 is 0. The number of fused-ring (bicyclic) bond motifs is 1. The first kappa shape index (κ1) is 19.6. The summed E-state index contributed by atoms with van der Waals surface area (Å²) in [6.07, 6.45) is 4.55. The maximum absolute atomic E-state index is 12.5. The highest BCUT2D eigenvalue weighted by Gasteiger charge is 2.14. The molecule has 0 saturated carbocycles. The minimum atomic E-state index is -0.238. The summed E-state index contributed by atoms with van der Waals surface area (Å²) in [5.41, 5.74) is 2.28. The third-order valence-electron chi connectivity index (χ3n) is 4.81. The van der Waals surface area contributed by atoms with Crippen LogP contribution < -0.4 is 20.3 Å². The van der Waals surface area contributed by atoms with Crippen LogP contribution in [0.15, 0.2) is 47.5 Å². The van der Waals surface area contributed by atoms with Crippen molar-refractivity contribution < 1.29 is 14.3 Å². The lowest BCUT2D eigenvalue weighted by Gasteiger charge is -2.11. The van der Waals surface area contributed by atoms with Crippen LogP contribution in [0, 0.1) is 6.92 Å². The van der Waals surface area contributed by atoms with E-state index in [1.165, 1.54) is 0 Å². The summed E-state index contributed by atoms with van der Waals surface area (Å²) in [5, 5.41) is 2.84. The van der Waals surface area contributed by atoms with Crippen LogP contribution in [0.25, 0.3) is 11.4 Å². The highest BCUT2D eigenvalue weighted by atomic mass is 16.5. The Hall–Kier alpha value is -3.68. The number of aryl methyl sites for hydroxylation is 1. The average Bonchev–Trinajstić information content (AvgIpc) is 2.98. The van der Waals surface area contributed by atoms with Gasteiger partial charge in [0.25, 0.3) is 5.56 Å². The van der Waals surface area contributed by atoms with Gasteiger partial charge in [-0.3, -0.25) is 14.6 Å². The van der Waals surface area contributed by atoms with Gasteiger partial charge in [-0.1, -0.05) is 0 Å². The summed E-state index contributed by atoms with van der Waals surface area (Å²) in [5.74, 6) is 1.59. The van der Waals surface area contributed by atoms with E-state index >= 15 is 0 Å². The molecule has 1 aromatic carbocycles. The molecule has 4 rings (SSSR count). The van der Waals surface area contributed by atoms with Crippen molar-refractivity contribution in [2.75, 3.05) is 18.5 Å². The molecule has 1 amide bonds. The van der Waals surface area contributed by atoms with Crippen LogP contribution >= 0.6 is 0 Å². The zero-order valence-electron chi connectivity index (χ0n) is 16.6. The van der Waals surface area contributed by atoms with Crippen LogP contribution in [0.2, 0.25) is 0 Å². The van der Waals surface area contributed by atoms with Gasteiger partial charge in [0.1, 0.15) is 5.82 Å². The molecule has 1 aliphatic heterocycles. The lowest BCUT2D eigenvalue weighted by molar-refractivity contribution is -0.116. The molecule has 0 aliphatic carbocycles. The molecule has 0 bridgehead atoms. The van der Waals surface area contributed by atoms with E-state index in [0.717, 1.165) is 12.0 Å². The molecule has 30 heavy (non-hydrogen) atoms. The number of carbonyl (C=O) groups excluding carboxylic acids is 1. The van der Waals surface area contributed by atoms with Gasteiger partial charge in [0.05, 0.1) is 13.2 Å². The second kappa shape index (κ2) is 8.77. The van der Waals surface area contributed by atoms with E-state index < -0.39 is 0 Å². The minimum Gasteiger partial charge on any atom is -0.490 e. The number of nitrogens with one attached hydrogen (secondary N) is 2. The number of aromatic amines is 1. The van der Waals surface area contributed by atoms with E-state index in [4.69, 9.17) is 9.47 Å². The van der Waals surface area contributed by atoms with Gasteiger partial charge in [0.15, 0.2) is 11.5 Å². The van der Waals surface area contributed by atoms with Crippen LogP contribution in [-0.2, 0) is 11.2 Å². The molecule has 154 valence electrons. The fraction of sp³-hybridized carbons (Fsp3) is 0.273. The van der Waals surface area contributed by atoms with Gasteiger partial charge in [0.2, 0.25) is 5.91 Å². The summed E-state index contributed by atoms with van der Waals surface area (Å²) in [6.45, 7) is 2.96. The van der Waals surface area contributed by atoms with Gasteiger partial charge < -0.3 is 19.8 Å². The summed E-state index contributed by atoms with van der Waals surface area (Å²) < 4.78 is 11.2. The Labute approximate surface area is 173 Å². The number of benzene rings is 1. The predicted molar refractivity (Wildman–Crippen MR) is 112 cm³/mol. The van der Waals surface area contributed by atoms with E-state index in [0.29, 0.717) is 53.9 Å². The highest BCUT2D eigenvalue weighted by molar-refractivity contribution is 5.91. The van der Waals surface area contributed by atoms with Gasteiger partial charge in [-0.05, 0) is 37.6 Å². The Morgan fingerprint density at radius 1 is 1.13 bits per heavy atom. The van der Waals surface area contributed by atoms with Gasteiger partial charge in [0, 0.05) is 53.8 Å². The number of pyridine rings is 1. The molecular formula is C22H22N4O4. The summed E-state index contributed by atoms with van der Waals surface area (Å²) in [6, 6.07) is 8.86. The number of hydrogen-bond acceptors (Lipinski definition) is 6. The molecule has 0 saturated heterocycles. The molecule has 0 unspecified atom stereocenters. The van der Waals surface area contributed by atoms with Crippen LogP contribution in [0.5, 0.6) is 11.5 Å². The van der Waals surface area contributed by atoms with E-state index in [2.05, 4.69) is 20.3 Å². The number of ether oxygens (including phenoxy) is 2. The molecule has 0 spiro atoms. The van der Waals surface area contributed by atoms with Crippen molar-refractivity contribution in [2.24, 2.45) is 0 Å². The molecule has 0 fully saturated rings. The third-order valence-corrected chi connectivity index (χ3v) is 4.81. The van der Waals surface area contributed by atoms with Crippen molar-refractivity contribution in [3.8, 4) is 22.9 Å². The van der Waals surface area contributed by atoms with Crippen LogP contribution in [0.4, 0.5) is 5.69 Å². The number of anilines is 1. The second-order valence-electron chi connectivity index (χ2n) is 6.97. The Morgan fingerprint density at radius 2 is 1.90 bits per heavy atom. The lowest BCUT2D eigenvalue weighted by atomic mass is 10.1. The molecule has 0 radical (unpaired) electrons. The van der Waals surface area contributed by atoms with E-state index in [1.54, 1.807) is 49.6 Å². The molecule has 1 aliphatic rings. The number of H-pyrrole nitrogens is 1. The third kappa shape index (κ3) is 4.48. The van der Waals surface area contributed by atoms with Crippen molar-refractivity contribution in [1.82, 2.24) is 15.0 Å². The first-order chi connectivity index (χ1) is 14.6. The van der Waals surface area contributed by atoms with Crippen molar-refractivity contribution in [1.29, 1.82) is 0 Å². The SMILES string of the molecule is Cc1nc(-c2ccncc2)[nH]c(=O)c1CCC(=O)Nc1ccc2c(c1)OCCCO2. The van der Waals surface area contributed by atoms with E-state index in [1.807, 2.05) is 0 Å². The maximum atomic E-state index is 12.5. The molecular weight excluding hydrogens is 384 g/mol. The molecule has 8 heteroatoms. The number of amides is 1. The van der Waals surface area contributed by atoms with Gasteiger partial charge >= 0.3 is 0 Å². The Bertz CT molecular complexity index is 1110. The fourth-order valence-electron chi connectivity index (χ4n) is 3.25. The Morgan fingerprint density at radius 3 is 2.67 bits per heavy atom. The highest BCUT2D eigenvalue weighted by Crippen LogP contribution is 2.32. The number of rotatable bonds is 5. The first-order valence-electron chi connectivity index (χ1n) is 9.80. The zero-order chi connectivity index (χ0) is 20.9. The van der Waals surface area contributed by atoms with Crippen LogP contribution in [0.1, 0.15) is 24.1 Å². The van der Waals surface area contributed by atoms with E-state index in [-0.39, 0.29) is 17.9 Å². The van der Waals surface area contributed by atoms with Gasteiger partial charge in [-0.25, -0.2) is 4.98 Å². The predicted octanol–water partition coefficient (Wildman–Crippen LogP) is 2.87. The lowest BCUT2D eigenvalue weighted by Crippen LogP contribution is -2.20. The standard InChI is InChI=1S/C22H22N4O4/c1-14-17(22(28)26-21(24-14)15-7-9-23-10-8-15)4-6-20(27)25-16-3-5-18-19(13-16)30-12-2-11-29-18/h3,5,7-10,13H,2,4,6,11-12H2,1H3,(H,25,27)(H,24,26,28). The number of nitrogens with zero attached hydrogens (tertiary/aromatic N) is 2. The quantitative estimate of drug-likeness (QED) is 0.675. The first-order valence-corrected chi connectivity index (χ1v) is 9.80. The van der Waals surface area contributed by atoms with Crippen LogP contribution in [0.3, 0.4) is 0 Å². The zero-order valence-corrected chi connectivity index (χ0v) is 16.6. The molecule has 8 nitrogen and oxygen atoms in total. The van der Waals surface area contributed by atoms with Crippen molar-refractivity contribution >= 4 is 11.6 Å². The topological polar surface area (TPSA) is 106 Å². The number of hydrogen-bond donors (Lipinski definition) is 2. The second-order valence-corrected chi connectivity index (χ2v) is 6.97. The summed E-state index contributed by atoms with van der Waals surface area (Å²) in [4.78, 5) is 36.2. The molecule has 3 aromatic rings. The minimum absolute atomic E-state index is 0.161. The monoisotopic (exact) mass is 406 g/mol. The van der Waals surface area contributed by atoms with Crippen molar-refractivity contribution in [3.63, 3.8) is 0 Å². The average molecular weight is 406 g/mol. The molecule has 2 aromatic heterocycles. The van der Waals surface area contributed by atoms with Crippen molar-refractivity contribution in [2.45, 2.75) is 26.2 Å². The van der Waals surface area contributed by atoms with Crippen LogP contribution in [-0.4, -0.2) is 34.1 Å². The van der Waals surface area contributed by atoms with E-state index in [9.17, 15) is 9.59 Å². The smallest absolute Gasteiger partial charge is 0.254 e. The molecule has 0 atom stereocenters. The molecule has 2 N–H and O–H groups in total.